The molecule has 0 aromatic heterocycles. The van der Waals surface area contributed by atoms with Crippen LogP contribution in [0, 0.1) is 6.92 Å². The van der Waals surface area contributed by atoms with Crippen molar-refractivity contribution < 1.29 is 22.7 Å². The largest absolute Gasteiger partial charge is 0.497 e. The van der Waals surface area contributed by atoms with Crippen LogP contribution in [0.25, 0.3) is 0 Å². The summed E-state index contributed by atoms with van der Waals surface area (Å²) < 4.78 is 31.6. The summed E-state index contributed by atoms with van der Waals surface area (Å²) in [5, 5.41) is 2.96. The van der Waals surface area contributed by atoms with Crippen LogP contribution in [0.1, 0.15) is 44.7 Å². The summed E-state index contributed by atoms with van der Waals surface area (Å²) >= 11 is 0. The second-order valence-electron chi connectivity index (χ2n) is 8.72. The van der Waals surface area contributed by atoms with Crippen LogP contribution in [0.15, 0.2) is 48.5 Å². The quantitative estimate of drug-likeness (QED) is 0.478. The van der Waals surface area contributed by atoms with E-state index in [1.54, 1.807) is 43.5 Å². The molecular weight excluding hydrogens is 466 g/mol. The maximum absolute atomic E-state index is 13.7. The van der Waals surface area contributed by atoms with E-state index in [0.717, 1.165) is 28.1 Å². The first-order valence-corrected chi connectivity index (χ1v) is 13.6. The number of methoxy groups -OCH3 is 1. The first-order chi connectivity index (χ1) is 16.5. The maximum Gasteiger partial charge on any atom is 0.244 e. The molecule has 0 saturated carbocycles. The van der Waals surface area contributed by atoms with E-state index in [9.17, 15) is 18.0 Å². The number of carbonyl (C=O) groups is 2. The Morgan fingerprint density at radius 1 is 1.06 bits per heavy atom. The van der Waals surface area contributed by atoms with Crippen LogP contribution in [0.4, 0.5) is 5.69 Å². The summed E-state index contributed by atoms with van der Waals surface area (Å²) in [5.41, 5.74) is 2.14. The predicted octanol–water partition coefficient (Wildman–Crippen LogP) is 3.49. The molecule has 1 N–H and O–H groups in total. The lowest BCUT2D eigenvalue weighted by molar-refractivity contribution is -0.140. The van der Waals surface area contributed by atoms with E-state index in [1.807, 2.05) is 39.8 Å². The topological polar surface area (TPSA) is 96.0 Å². The molecule has 0 fully saturated rings. The minimum Gasteiger partial charge on any atom is -0.497 e. The number of ether oxygens (including phenoxy) is 1. The minimum absolute atomic E-state index is 0.0506. The second-order valence-corrected chi connectivity index (χ2v) is 10.6. The molecule has 2 amide bonds. The molecule has 35 heavy (non-hydrogen) atoms. The van der Waals surface area contributed by atoms with Crippen LogP contribution in [0.2, 0.25) is 0 Å². The van der Waals surface area contributed by atoms with Crippen LogP contribution < -0.4 is 14.4 Å². The van der Waals surface area contributed by atoms with Gasteiger partial charge in [0.2, 0.25) is 21.8 Å². The van der Waals surface area contributed by atoms with Crippen LogP contribution in [0.5, 0.6) is 5.75 Å². The summed E-state index contributed by atoms with van der Waals surface area (Å²) in [7, 11) is -2.20. The molecule has 2 aromatic rings. The number of amides is 2. The van der Waals surface area contributed by atoms with Gasteiger partial charge in [0, 0.05) is 12.6 Å². The second kappa shape index (κ2) is 12.6. The molecule has 0 bridgehead atoms. The number of carbonyl (C=O) groups excluding carboxylic acids is 2. The van der Waals surface area contributed by atoms with Crippen molar-refractivity contribution in [3.8, 4) is 5.75 Å². The monoisotopic (exact) mass is 503 g/mol. The van der Waals surface area contributed by atoms with Gasteiger partial charge in [0.05, 0.1) is 19.1 Å². The number of hydrogen-bond donors (Lipinski definition) is 1. The summed E-state index contributed by atoms with van der Waals surface area (Å²) in [5.74, 6) is -0.103. The lowest BCUT2D eigenvalue weighted by atomic mass is 10.1. The van der Waals surface area contributed by atoms with Gasteiger partial charge in [-0.1, -0.05) is 43.7 Å². The third-order valence-electron chi connectivity index (χ3n) is 5.88. The minimum atomic E-state index is -3.75. The Hall–Kier alpha value is -3.07. The number of aryl methyl sites for hydroxylation is 1. The number of benzene rings is 2. The van der Waals surface area contributed by atoms with E-state index >= 15 is 0 Å². The molecule has 0 aliphatic carbocycles. The van der Waals surface area contributed by atoms with Gasteiger partial charge in [0.15, 0.2) is 0 Å². The van der Waals surface area contributed by atoms with Crippen molar-refractivity contribution in [2.45, 2.75) is 59.2 Å². The van der Waals surface area contributed by atoms with Gasteiger partial charge < -0.3 is 15.0 Å². The summed E-state index contributed by atoms with van der Waals surface area (Å²) in [6.07, 6.45) is 2.20. The number of rotatable bonds is 12. The fraction of sp³-hybridized carbons (Fsp3) is 0.462. The molecule has 2 rings (SSSR count). The molecule has 0 saturated heterocycles. The number of nitrogens with one attached hydrogen (secondary N) is 1. The van der Waals surface area contributed by atoms with Crippen molar-refractivity contribution in [3.05, 3.63) is 59.7 Å². The van der Waals surface area contributed by atoms with E-state index in [1.165, 1.54) is 4.90 Å². The molecule has 8 nitrogen and oxygen atoms in total. The fourth-order valence-electron chi connectivity index (χ4n) is 3.65. The zero-order valence-corrected chi connectivity index (χ0v) is 22.3. The maximum atomic E-state index is 13.7. The number of hydrogen-bond acceptors (Lipinski definition) is 5. The SMILES string of the molecule is CC[C@@H](C)NC(=O)[C@@H](CC)N(Cc1cccc(OC)c1)C(=O)CN(c1ccc(C)cc1)S(C)(=O)=O. The Labute approximate surface area is 209 Å². The van der Waals surface area contributed by atoms with E-state index in [4.69, 9.17) is 4.74 Å². The molecule has 2 atom stereocenters. The van der Waals surface area contributed by atoms with E-state index in [0.29, 0.717) is 17.9 Å². The molecule has 192 valence electrons. The number of nitrogens with zero attached hydrogens (tertiary/aromatic N) is 2. The third-order valence-corrected chi connectivity index (χ3v) is 7.02. The molecule has 0 heterocycles. The Morgan fingerprint density at radius 3 is 2.26 bits per heavy atom. The highest BCUT2D eigenvalue weighted by atomic mass is 32.2. The van der Waals surface area contributed by atoms with Crippen molar-refractivity contribution >= 4 is 27.5 Å². The lowest BCUT2D eigenvalue weighted by Gasteiger charge is -2.33. The van der Waals surface area contributed by atoms with Crippen molar-refractivity contribution in [2.24, 2.45) is 0 Å². The molecule has 0 spiro atoms. The van der Waals surface area contributed by atoms with Gasteiger partial charge in [-0.2, -0.15) is 0 Å². The summed E-state index contributed by atoms with van der Waals surface area (Å²) in [6, 6.07) is 13.4. The normalized spacial score (nSPS) is 13.0. The number of sulfonamides is 1. The predicted molar refractivity (Wildman–Crippen MR) is 139 cm³/mol. The first-order valence-electron chi connectivity index (χ1n) is 11.8. The lowest BCUT2D eigenvalue weighted by Crippen LogP contribution is -2.53. The van der Waals surface area contributed by atoms with Crippen molar-refractivity contribution in [1.82, 2.24) is 10.2 Å². The van der Waals surface area contributed by atoms with Crippen LogP contribution in [-0.4, -0.2) is 57.1 Å². The van der Waals surface area contributed by atoms with Crippen LogP contribution >= 0.6 is 0 Å². The Kier molecular flexibility index (Phi) is 10.1. The van der Waals surface area contributed by atoms with Crippen molar-refractivity contribution in [2.75, 3.05) is 24.2 Å². The Balaban J connectivity index is 2.44. The molecule has 9 heteroatoms. The van der Waals surface area contributed by atoms with Crippen molar-refractivity contribution in [1.29, 1.82) is 0 Å². The standard InChI is InChI=1S/C26H37N3O5S/c1-7-20(4)27-26(31)24(8-2)28(17-21-10-9-11-23(16-21)34-5)25(30)18-29(35(6,32)33)22-14-12-19(3)13-15-22/h9-16,20,24H,7-8,17-18H2,1-6H3,(H,27,31)/t20-,24-/m1/s1. The van der Waals surface area contributed by atoms with Crippen LogP contribution in [0.3, 0.4) is 0 Å². The Bertz CT molecular complexity index is 1100. The van der Waals surface area contributed by atoms with Gasteiger partial charge in [-0.15, -0.1) is 0 Å². The van der Waals surface area contributed by atoms with Gasteiger partial charge in [0.25, 0.3) is 0 Å². The van der Waals surface area contributed by atoms with Gasteiger partial charge in [0.1, 0.15) is 18.3 Å². The van der Waals surface area contributed by atoms with E-state index < -0.39 is 28.5 Å². The molecule has 2 aromatic carbocycles. The average Bonchev–Trinajstić information content (AvgIpc) is 2.82. The smallest absolute Gasteiger partial charge is 0.244 e. The zero-order valence-electron chi connectivity index (χ0n) is 21.4. The van der Waals surface area contributed by atoms with Gasteiger partial charge in [-0.3, -0.25) is 13.9 Å². The van der Waals surface area contributed by atoms with E-state index in [2.05, 4.69) is 5.32 Å². The average molecular weight is 504 g/mol. The summed E-state index contributed by atoms with van der Waals surface area (Å²) in [6.45, 7) is 7.32. The van der Waals surface area contributed by atoms with Gasteiger partial charge >= 0.3 is 0 Å². The fourth-order valence-corrected chi connectivity index (χ4v) is 4.50. The third kappa shape index (κ3) is 7.99. The number of anilines is 1. The van der Waals surface area contributed by atoms with Gasteiger partial charge in [-0.25, -0.2) is 8.42 Å². The molecule has 0 unspecified atom stereocenters. The van der Waals surface area contributed by atoms with Crippen molar-refractivity contribution in [3.63, 3.8) is 0 Å². The highest BCUT2D eigenvalue weighted by molar-refractivity contribution is 7.92. The molecule has 0 radical (unpaired) electrons. The zero-order chi connectivity index (χ0) is 26.2. The van der Waals surface area contributed by atoms with E-state index in [-0.39, 0.29) is 18.5 Å². The highest BCUT2D eigenvalue weighted by Gasteiger charge is 2.32. The van der Waals surface area contributed by atoms with Gasteiger partial charge in [-0.05, 0) is 56.5 Å². The van der Waals surface area contributed by atoms with Crippen LogP contribution in [-0.2, 0) is 26.2 Å². The Morgan fingerprint density at radius 2 is 1.71 bits per heavy atom. The first kappa shape index (κ1) is 28.2. The summed E-state index contributed by atoms with van der Waals surface area (Å²) in [4.78, 5) is 28.3. The molecule has 0 aliphatic heterocycles. The molecular formula is C26H37N3O5S. The highest BCUT2D eigenvalue weighted by Crippen LogP contribution is 2.21. The molecule has 0 aliphatic rings.